The van der Waals surface area contributed by atoms with Crippen molar-refractivity contribution in [2.75, 3.05) is 13.7 Å². The third-order valence-electron chi connectivity index (χ3n) is 6.72. The highest BCUT2D eigenvalue weighted by Gasteiger charge is 2.27. The van der Waals surface area contributed by atoms with Crippen LogP contribution in [-0.2, 0) is 26.1 Å². The molecule has 5 heteroatoms. The first-order valence-corrected chi connectivity index (χ1v) is 11.1. The Morgan fingerprint density at radius 1 is 1.16 bits per heavy atom. The highest BCUT2D eigenvalue weighted by atomic mass is 16.3. The number of nitrogens with zero attached hydrogens (tertiary/aromatic N) is 4. The van der Waals surface area contributed by atoms with E-state index >= 15 is 0 Å². The maximum absolute atomic E-state index is 9.61. The van der Waals surface area contributed by atoms with Gasteiger partial charge in [-0.25, -0.2) is 0 Å². The smallest absolute Gasteiger partial charge is 0.0676 e. The molecule has 160 valence electrons. The molecule has 0 spiro atoms. The first-order valence-electron chi connectivity index (χ1n) is 11.1. The van der Waals surface area contributed by atoms with Gasteiger partial charge in [0.2, 0.25) is 0 Å². The van der Waals surface area contributed by atoms with Gasteiger partial charge in [0.25, 0.3) is 0 Å². The van der Waals surface area contributed by atoms with Crippen molar-refractivity contribution in [3.8, 4) is 11.1 Å². The number of aromatic nitrogens is 3. The minimum Gasteiger partial charge on any atom is -0.394 e. The number of hydrogen-bond acceptors (Lipinski definition) is 4. The number of fused-ring (bicyclic) bond motifs is 4. The average molecular weight is 415 g/mol. The maximum Gasteiger partial charge on any atom is 0.0676 e. The van der Waals surface area contributed by atoms with Gasteiger partial charge in [-0.1, -0.05) is 36.8 Å². The normalized spacial score (nSPS) is 18.1. The molecule has 5 nitrogen and oxygen atoms in total. The van der Waals surface area contributed by atoms with E-state index in [4.69, 9.17) is 10.1 Å². The molecule has 1 aliphatic heterocycles. The van der Waals surface area contributed by atoms with Gasteiger partial charge in [-0.05, 0) is 43.7 Å². The van der Waals surface area contributed by atoms with E-state index in [1.54, 1.807) is 0 Å². The number of rotatable bonds is 2. The molecule has 2 aromatic heterocycles. The van der Waals surface area contributed by atoms with E-state index in [9.17, 15) is 5.11 Å². The van der Waals surface area contributed by atoms with Gasteiger partial charge in [-0.3, -0.25) is 14.6 Å². The Morgan fingerprint density at radius 3 is 2.81 bits per heavy atom. The van der Waals surface area contributed by atoms with Crippen LogP contribution in [0.25, 0.3) is 16.7 Å². The van der Waals surface area contributed by atoms with Gasteiger partial charge in [-0.2, -0.15) is 5.10 Å². The highest BCUT2D eigenvalue weighted by Crippen LogP contribution is 2.41. The van der Waals surface area contributed by atoms with E-state index < -0.39 is 0 Å². The Balaban J connectivity index is 1.75. The predicted octanol–water partition coefficient (Wildman–Crippen LogP) is 4.24. The van der Waals surface area contributed by atoms with E-state index in [1.807, 2.05) is 10.9 Å². The first-order chi connectivity index (χ1) is 15.0. The molecule has 5 rings (SSSR count). The van der Waals surface area contributed by atoms with Crippen LogP contribution in [-0.4, -0.2) is 38.4 Å². The van der Waals surface area contributed by atoms with Crippen LogP contribution in [0.2, 0.25) is 0 Å². The highest BCUT2D eigenvalue weighted by molar-refractivity contribution is 5.81. The Labute approximate surface area is 184 Å². The van der Waals surface area contributed by atoms with Gasteiger partial charge in [0.15, 0.2) is 0 Å². The molecule has 3 aromatic rings. The molecule has 0 amide bonds. The summed E-state index contributed by atoms with van der Waals surface area (Å²) in [6, 6.07) is 9.16. The molecule has 1 aromatic carbocycles. The molecule has 2 aliphatic rings. The first kappa shape index (κ1) is 20.2. The molecule has 0 unspecified atom stereocenters. The molecule has 0 fully saturated rings. The van der Waals surface area contributed by atoms with Gasteiger partial charge in [0, 0.05) is 48.3 Å². The van der Waals surface area contributed by atoms with Crippen molar-refractivity contribution in [3.05, 3.63) is 75.9 Å². The zero-order valence-corrected chi connectivity index (χ0v) is 18.8. The molecule has 3 heterocycles. The van der Waals surface area contributed by atoms with Crippen molar-refractivity contribution >= 4 is 5.57 Å². The van der Waals surface area contributed by atoms with Gasteiger partial charge in [0.1, 0.15) is 0 Å². The van der Waals surface area contributed by atoms with E-state index in [1.165, 1.54) is 27.8 Å². The van der Waals surface area contributed by atoms with Crippen LogP contribution in [0.15, 0.2) is 36.5 Å². The number of allylic oxidation sites excluding steroid dienone is 2. The predicted molar refractivity (Wildman–Crippen MR) is 124 cm³/mol. The quantitative estimate of drug-likeness (QED) is 0.681. The van der Waals surface area contributed by atoms with E-state index in [0.717, 1.165) is 47.7 Å². The second-order valence-electron chi connectivity index (χ2n) is 9.03. The number of aliphatic hydroxyl groups excluding tert-OH is 1. The molecule has 0 saturated heterocycles. The van der Waals surface area contributed by atoms with Crippen molar-refractivity contribution in [1.29, 1.82) is 0 Å². The fourth-order valence-electron chi connectivity index (χ4n) is 5.25. The van der Waals surface area contributed by atoms with Gasteiger partial charge < -0.3 is 5.11 Å². The van der Waals surface area contributed by atoms with Crippen LogP contribution in [0.3, 0.4) is 0 Å². The van der Waals surface area contributed by atoms with Crippen LogP contribution in [0.5, 0.6) is 0 Å². The van der Waals surface area contributed by atoms with Crippen LogP contribution >= 0.6 is 0 Å². The summed E-state index contributed by atoms with van der Waals surface area (Å²) < 4.78 is 1.97. The fraction of sp³-hybridized carbons (Fsp3) is 0.385. The summed E-state index contributed by atoms with van der Waals surface area (Å²) >= 11 is 0. The Bertz CT molecular complexity index is 1190. The van der Waals surface area contributed by atoms with Crippen molar-refractivity contribution in [3.63, 3.8) is 0 Å². The zero-order chi connectivity index (χ0) is 21.7. The Hall–Kier alpha value is -2.76. The molecule has 0 radical (unpaired) electrons. The molecular formula is C26H30N4O. The number of benzene rings is 1. The summed E-state index contributed by atoms with van der Waals surface area (Å²) in [5.74, 6) is 0.318. The summed E-state index contributed by atoms with van der Waals surface area (Å²) in [5, 5.41) is 14.4. The van der Waals surface area contributed by atoms with E-state index in [0.29, 0.717) is 12.5 Å². The molecular weight excluding hydrogens is 384 g/mol. The lowest BCUT2D eigenvalue weighted by Gasteiger charge is -2.25. The lowest BCUT2D eigenvalue weighted by molar-refractivity contribution is 0.258. The number of aliphatic hydroxyl groups is 1. The second-order valence-corrected chi connectivity index (χ2v) is 9.03. The molecule has 1 aliphatic carbocycles. The summed E-state index contributed by atoms with van der Waals surface area (Å²) in [6.45, 7) is 8.77. The van der Waals surface area contributed by atoms with Gasteiger partial charge in [0.05, 0.1) is 30.2 Å². The minimum atomic E-state index is 0.0756. The summed E-state index contributed by atoms with van der Waals surface area (Å²) in [7, 11) is 2.16. The molecule has 2 bridgehead atoms. The second kappa shape index (κ2) is 7.74. The third-order valence-corrected chi connectivity index (χ3v) is 6.72. The minimum absolute atomic E-state index is 0.0756. The largest absolute Gasteiger partial charge is 0.394 e. The fourth-order valence-corrected chi connectivity index (χ4v) is 5.25. The monoisotopic (exact) mass is 414 g/mol. The van der Waals surface area contributed by atoms with E-state index in [2.05, 4.69) is 63.1 Å². The SMILES string of the molecule is Cc1ccc2c(c1)[C@@H](C)C1=CCc3ncc(cc31)-c1c(C)nn(CCO)c1CN(C)C2. The van der Waals surface area contributed by atoms with Crippen molar-refractivity contribution in [1.82, 2.24) is 19.7 Å². The number of hydrogen-bond donors (Lipinski definition) is 1. The van der Waals surface area contributed by atoms with Crippen LogP contribution < -0.4 is 0 Å². The molecule has 1 N–H and O–H groups in total. The van der Waals surface area contributed by atoms with Crippen molar-refractivity contribution in [2.24, 2.45) is 0 Å². The standard InChI is InChI=1S/C26H30N4O/c1-16-5-6-19-14-29(4)15-25-26(18(3)28-30(25)9-10-31)20-12-23-21(17(2)22(19)11-16)7-8-24(23)27-13-20/h5-7,11-13,17,31H,8-10,14-15H2,1-4H3/t17-/m0/s1. The van der Waals surface area contributed by atoms with Crippen LogP contribution in [0.1, 0.15) is 52.2 Å². The topological polar surface area (TPSA) is 54.2 Å². The number of aryl methyl sites for hydroxylation is 2. The van der Waals surface area contributed by atoms with Crippen LogP contribution in [0.4, 0.5) is 0 Å². The Kier molecular flexibility index (Phi) is 5.03. The third kappa shape index (κ3) is 3.42. The van der Waals surface area contributed by atoms with Crippen molar-refractivity contribution < 1.29 is 5.11 Å². The lowest BCUT2D eigenvalue weighted by atomic mass is 9.85. The van der Waals surface area contributed by atoms with E-state index in [-0.39, 0.29) is 6.61 Å². The average Bonchev–Trinajstić information content (AvgIpc) is 3.29. The van der Waals surface area contributed by atoms with Crippen molar-refractivity contribution in [2.45, 2.75) is 52.7 Å². The van der Waals surface area contributed by atoms with Gasteiger partial charge >= 0.3 is 0 Å². The van der Waals surface area contributed by atoms with Gasteiger partial charge in [-0.15, -0.1) is 0 Å². The zero-order valence-electron chi connectivity index (χ0n) is 18.8. The molecule has 31 heavy (non-hydrogen) atoms. The maximum atomic E-state index is 9.61. The lowest BCUT2D eigenvalue weighted by Crippen LogP contribution is -2.22. The number of pyridine rings is 1. The molecule has 0 saturated carbocycles. The summed E-state index contributed by atoms with van der Waals surface area (Å²) in [5.41, 5.74) is 12.3. The molecule has 1 atom stereocenters. The summed E-state index contributed by atoms with van der Waals surface area (Å²) in [6.07, 6.45) is 5.25. The Morgan fingerprint density at radius 2 is 2.00 bits per heavy atom. The summed E-state index contributed by atoms with van der Waals surface area (Å²) in [4.78, 5) is 7.21. The van der Waals surface area contributed by atoms with Crippen LogP contribution in [0, 0.1) is 13.8 Å².